The van der Waals surface area contributed by atoms with Gasteiger partial charge in [0.15, 0.2) is 5.11 Å². The van der Waals surface area contributed by atoms with E-state index in [9.17, 15) is 4.79 Å². The molecule has 1 fully saturated rings. The Morgan fingerprint density at radius 3 is 2.31 bits per heavy atom. The molecule has 1 amide bonds. The summed E-state index contributed by atoms with van der Waals surface area (Å²) in [5.41, 5.74) is 4.91. The molecule has 6 heteroatoms. The van der Waals surface area contributed by atoms with Crippen LogP contribution < -0.4 is 16.2 Å². The third-order valence-electron chi connectivity index (χ3n) is 2.43. The Morgan fingerprint density at radius 1 is 1.44 bits per heavy atom. The molecule has 0 aromatic heterocycles. The number of thiocarbonyl (C=S) groups is 1. The first-order valence-corrected chi connectivity index (χ1v) is 6.50. The van der Waals surface area contributed by atoms with Crippen molar-refractivity contribution in [3.8, 4) is 0 Å². The van der Waals surface area contributed by atoms with Crippen molar-refractivity contribution >= 4 is 39.2 Å². The number of carbonyl (C=O) groups is 1. The lowest BCUT2D eigenvalue weighted by molar-refractivity contribution is -0.126. The van der Waals surface area contributed by atoms with Gasteiger partial charge in [-0.1, -0.05) is 15.9 Å². The van der Waals surface area contributed by atoms with E-state index in [1.807, 2.05) is 27.7 Å². The highest BCUT2D eigenvalue weighted by molar-refractivity contribution is 9.09. The van der Waals surface area contributed by atoms with E-state index < -0.39 is 0 Å². The smallest absolute Gasteiger partial charge is 0.245 e. The fraction of sp³-hybridized carbons (Fsp3) is 0.800. The molecule has 0 radical (unpaired) electrons. The van der Waals surface area contributed by atoms with Gasteiger partial charge >= 0.3 is 0 Å². The van der Waals surface area contributed by atoms with Crippen molar-refractivity contribution in [2.45, 2.75) is 44.5 Å². The van der Waals surface area contributed by atoms with Gasteiger partial charge in [0.05, 0.1) is 5.41 Å². The standard InChI is InChI=1S/C10H18BrN3OS/c1-9(2,3)12-8(16)14-13-7(15)10(4)5-6(10)11/h6H,5H2,1-4H3,(H,13,15)(H2,12,14,16). The molecule has 16 heavy (non-hydrogen) atoms. The lowest BCUT2D eigenvalue weighted by Crippen LogP contribution is -2.53. The number of halogens is 1. The van der Waals surface area contributed by atoms with Crippen molar-refractivity contribution in [1.29, 1.82) is 0 Å². The van der Waals surface area contributed by atoms with Crippen LogP contribution >= 0.6 is 28.1 Å². The molecule has 0 aromatic carbocycles. The van der Waals surface area contributed by atoms with E-state index in [1.165, 1.54) is 0 Å². The second-order valence-corrected chi connectivity index (χ2v) is 6.89. The fourth-order valence-corrected chi connectivity index (χ4v) is 2.41. The molecule has 3 N–H and O–H groups in total. The number of alkyl halides is 1. The van der Waals surface area contributed by atoms with Crippen molar-refractivity contribution in [2.75, 3.05) is 0 Å². The van der Waals surface area contributed by atoms with Crippen LogP contribution in [0.3, 0.4) is 0 Å². The van der Waals surface area contributed by atoms with Crippen molar-refractivity contribution in [3.63, 3.8) is 0 Å². The second-order valence-electron chi connectivity index (χ2n) is 5.37. The van der Waals surface area contributed by atoms with E-state index in [2.05, 4.69) is 32.1 Å². The van der Waals surface area contributed by atoms with E-state index in [-0.39, 0.29) is 21.7 Å². The highest BCUT2D eigenvalue weighted by Crippen LogP contribution is 2.51. The van der Waals surface area contributed by atoms with Crippen LogP contribution in [0.4, 0.5) is 0 Å². The molecular weight excluding hydrogens is 290 g/mol. The predicted octanol–water partition coefficient (Wildman–Crippen LogP) is 1.45. The van der Waals surface area contributed by atoms with E-state index in [0.29, 0.717) is 5.11 Å². The Kier molecular flexibility index (Phi) is 3.84. The molecule has 0 aromatic rings. The van der Waals surface area contributed by atoms with Crippen molar-refractivity contribution in [1.82, 2.24) is 16.2 Å². The lowest BCUT2D eigenvalue weighted by Gasteiger charge is -2.23. The third kappa shape index (κ3) is 3.59. The molecule has 1 rings (SSSR count). The number of hydrogen-bond acceptors (Lipinski definition) is 2. The average Bonchev–Trinajstić information content (AvgIpc) is 2.69. The summed E-state index contributed by atoms with van der Waals surface area (Å²) in [6.45, 7) is 7.92. The van der Waals surface area contributed by atoms with E-state index in [0.717, 1.165) is 6.42 Å². The van der Waals surface area contributed by atoms with Gasteiger partial charge in [0.2, 0.25) is 5.91 Å². The molecule has 92 valence electrons. The molecule has 0 aliphatic heterocycles. The zero-order chi connectivity index (χ0) is 12.6. The van der Waals surface area contributed by atoms with Gasteiger partial charge in [0, 0.05) is 10.4 Å². The minimum atomic E-state index is -0.301. The van der Waals surface area contributed by atoms with E-state index in [4.69, 9.17) is 12.2 Å². The predicted molar refractivity (Wildman–Crippen MR) is 72.2 cm³/mol. The summed E-state index contributed by atoms with van der Waals surface area (Å²) in [6, 6.07) is 0. The maximum Gasteiger partial charge on any atom is 0.245 e. The second kappa shape index (κ2) is 4.49. The average molecular weight is 308 g/mol. The summed E-state index contributed by atoms with van der Waals surface area (Å²) < 4.78 is 0. The summed E-state index contributed by atoms with van der Waals surface area (Å²) in [7, 11) is 0. The number of hydrazine groups is 1. The first-order valence-electron chi connectivity index (χ1n) is 5.18. The molecule has 1 saturated carbocycles. The van der Waals surface area contributed by atoms with Crippen molar-refractivity contribution in [3.05, 3.63) is 0 Å². The molecule has 2 atom stereocenters. The van der Waals surface area contributed by atoms with Crippen LogP contribution in [0.5, 0.6) is 0 Å². The molecule has 4 nitrogen and oxygen atoms in total. The molecule has 1 aliphatic rings. The molecule has 0 spiro atoms. The minimum Gasteiger partial charge on any atom is -0.357 e. The number of hydrogen-bond donors (Lipinski definition) is 3. The summed E-state index contributed by atoms with van der Waals surface area (Å²) in [5, 5.41) is 3.48. The van der Waals surface area contributed by atoms with Gasteiger partial charge in [0.1, 0.15) is 0 Å². The van der Waals surface area contributed by atoms with E-state index in [1.54, 1.807) is 0 Å². The monoisotopic (exact) mass is 307 g/mol. The fourth-order valence-electron chi connectivity index (χ4n) is 1.18. The Balaban J connectivity index is 2.30. The van der Waals surface area contributed by atoms with Crippen LogP contribution in [0.25, 0.3) is 0 Å². The number of rotatable bonds is 1. The van der Waals surface area contributed by atoms with Crippen molar-refractivity contribution < 1.29 is 4.79 Å². The van der Waals surface area contributed by atoms with Gasteiger partial charge in [-0.3, -0.25) is 15.6 Å². The van der Waals surface area contributed by atoms with Gasteiger partial charge < -0.3 is 5.32 Å². The highest BCUT2D eigenvalue weighted by Gasteiger charge is 2.54. The Morgan fingerprint density at radius 2 is 1.94 bits per heavy atom. The zero-order valence-electron chi connectivity index (χ0n) is 9.98. The Labute approximate surface area is 110 Å². The lowest BCUT2D eigenvalue weighted by atomic mass is 10.1. The van der Waals surface area contributed by atoms with Crippen molar-refractivity contribution in [2.24, 2.45) is 5.41 Å². The summed E-state index contributed by atoms with van der Waals surface area (Å²) >= 11 is 8.47. The van der Waals surface area contributed by atoms with Crippen LogP contribution in [-0.4, -0.2) is 21.4 Å². The largest absolute Gasteiger partial charge is 0.357 e. The van der Waals surface area contributed by atoms with Crippen LogP contribution in [0.15, 0.2) is 0 Å². The van der Waals surface area contributed by atoms with Crippen LogP contribution in [0, 0.1) is 5.41 Å². The molecule has 0 bridgehead atoms. The van der Waals surface area contributed by atoms with Crippen LogP contribution in [0.2, 0.25) is 0 Å². The molecule has 2 unspecified atom stereocenters. The SMILES string of the molecule is CC(C)(C)NC(=S)NNC(=O)C1(C)CC1Br. The summed E-state index contributed by atoms with van der Waals surface area (Å²) in [6.07, 6.45) is 0.861. The quantitative estimate of drug-likeness (QED) is 0.390. The molecular formula is C10H18BrN3OS. The molecule has 0 heterocycles. The first-order chi connectivity index (χ1) is 7.15. The number of amides is 1. The minimum absolute atomic E-state index is 0.0348. The molecule has 1 aliphatic carbocycles. The van der Waals surface area contributed by atoms with Gasteiger partial charge in [0.25, 0.3) is 0 Å². The Bertz CT molecular complexity index is 316. The highest BCUT2D eigenvalue weighted by atomic mass is 79.9. The number of carbonyl (C=O) groups excluding carboxylic acids is 1. The van der Waals surface area contributed by atoms with Crippen LogP contribution in [0.1, 0.15) is 34.1 Å². The molecule has 0 saturated heterocycles. The zero-order valence-corrected chi connectivity index (χ0v) is 12.4. The summed E-state index contributed by atoms with van der Waals surface area (Å²) in [5.74, 6) is -0.0348. The maximum atomic E-state index is 11.7. The van der Waals surface area contributed by atoms with E-state index >= 15 is 0 Å². The third-order valence-corrected chi connectivity index (χ3v) is 3.97. The van der Waals surface area contributed by atoms with Crippen LogP contribution in [-0.2, 0) is 4.79 Å². The topological polar surface area (TPSA) is 53.2 Å². The van der Waals surface area contributed by atoms with Gasteiger partial charge in [-0.2, -0.15) is 0 Å². The van der Waals surface area contributed by atoms with Gasteiger partial charge in [-0.15, -0.1) is 0 Å². The summed E-state index contributed by atoms with van der Waals surface area (Å²) in [4.78, 5) is 12.0. The normalized spacial score (nSPS) is 28.2. The van der Waals surface area contributed by atoms with Gasteiger partial charge in [-0.05, 0) is 46.3 Å². The maximum absolute atomic E-state index is 11.7. The van der Waals surface area contributed by atoms with Gasteiger partial charge in [-0.25, -0.2) is 0 Å². The first kappa shape index (κ1) is 13.7. The number of nitrogens with one attached hydrogen (secondary N) is 3. The Hall–Kier alpha value is -0.360.